The van der Waals surface area contributed by atoms with Gasteiger partial charge in [0.1, 0.15) is 13.3 Å². The molecule has 8 heteroatoms. The first-order valence-electron chi connectivity index (χ1n) is 9.03. The van der Waals surface area contributed by atoms with Gasteiger partial charge in [-0.15, -0.1) is 0 Å². The number of benzene rings is 2. The molecule has 0 fully saturated rings. The number of carboxylic acids is 1. The molecule has 2 amide bonds. The average molecular weight is 396 g/mol. The van der Waals surface area contributed by atoms with Crippen LogP contribution in [0.2, 0.25) is 0 Å². The lowest BCUT2D eigenvalue weighted by molar-refractivity contribution is -0.143. The average Bonchev–Trinajstić information content (AvgIpc) is 3.03. The van der Waals surface area contributed by atoms with Crippen molar-refractivity contribution in [2.45, 2.75) is 12.3 Å². The highest BCUT2D eigenvalue weighted by molar-refractivity contribution is 6.36. The first kappa shape index (κ1) is 20.2. The van der Waals surface area contributed by atoms with Crippen LogP contribution in [0.1, 0.15) is 23.5 Å². The second-order valence-electron chi connectivity index (χ2n) is 6.52. The van der Waals surface area contributed by atoms with Gasteiger partial charge >= 0.3 is 5.97 Å². The summed E-state index contributed by atoms with van der Waals surface area (Å²) in [4.78, 5) is 46.5. The molecule has 8 nitrogen and oxygen atoms in total. The lowest BCUT2D eigenvalue weighted by Crippen LogP contribution is -2.40. The zero-order chi connectivity index (χ0) is 20.8. The van der Waals surface area contributed by atoms with E-state index >= 15 is 0 Å². The Kier molecular flexibility index (Phi) is 6.36. The van der Waals surface area contributed by atoms with Gasteiger partial charge in [0.2, 0.25) is 11.7 Å². The summed E-state index contributed by atoms with van der Waals surface area (Å²) in [6.45, 7) is -1.25. The summed E-state index contributed by atoms with van der Waals surface area (Å²) in [5, 5.41) is 13.0. The summed E-state index contributed by atoms with van der Waals surface area (Å²) in [6.07, 6.45) is 0.00318. The molecule has 0 aromatic heterocycles. The van der Waals surface area contributed by atoms with Crippen LogP contribution in [0.5, 0.6) is 0 Å². The fourth-order valence-corrected chi connectivity index (χ4v) is 3.35. The number of fused-ring (bicyclic) bond motifs is 3. The number of nitrogens with one attached hydrogen (secondary N) is 2. The molecule has 0 aliphatic heterocycles. The lowest BCUT2D eigenvalue weighted by Gasteiger charge is -2.12. The summed E-state index contributed by atoms with van der Waals surface area (Å²) in [7, 11) is 0. The maximum absolute atomic E-state index is 12.4. The highest BCUT2D eigenvalue weighted by atomic mass is 16.5. The van der Waals surface area contributed by atoms with Crippen LogP contribution < -0.4 is 10.6 Å². The van der Waals surface area contributed by atoms with Gasteiger partial charge < -0.3 is 20.5 Å². The van der Waals surface area contributed by atoms with Crippen LogP contribution in [0, 0.1) is 0 Å². The normalized spacial score (nSPS) is 12.0. The number of aliphatic carboxylic acids is 1. The van der Waals surface area contributed by atoms with Crippen molar-refractivity contribution in [2.24, 2.45) is 0 Å². The number of ketones is 1. The number of Topliss-reactive ketones (excluding diaryl/α,β-unsaturated/α-hetero) is 1. The van der Waals surface area contributed by atoms with Crippen molar-refractivity contribution in [3.8, 4) is 11.1 Å². The van der Waals surface area contributed by atoms with Crippen LogP contribution in [0.3, 0.4) is 0 Å². The zero-order valence-corrected chi connectivity index (χ0v) is 15.5. The predicted octanol–water partition coefficient (Wildman–Crippen LogP) is 1.05. The molecule has 2 aromatic carbocycles. The third-order valence-corrected chi connectivity index (χ3v) is 4.61. The van der Waals surface area contributed by atoms with Gasteiger partial charge in [-0.05, 0) is 22.3 Å². The fraction of sp³-hybridized carbons (Fsp3) is 0.238. The standard InChI is InChI=1S/C21H20N2O6/c24-18(21(28)22-10-19(25)23-12-29-11-20(26)27)9-17-15-7-3-1-5-13(15)14-6-2-4-8-16(14)17/h1-8,17H,9-12H2,(H,22,28)(H,23,25)(H,26,27). The fourth-order valence-electron chi connectivity index (χ4n) is 3.35. The van der Waals surface area contributed by atoms with Crippen molar-refractivity contribution in [3.63, 3.8) is 0 Å². The minimum Gasteiger partial charge on any atom is -0.480 e. The van der Waals surface area contributed by atoms with E-state index in [2.05, 4.69) is 15.4 Å². The number of rotatable bonds is 9. The van der Waals surface area contributed by atoms with Crippen LogP contribution in [-0.2, 0) is 23.9 Å². The van der Waals surface area contributed by atoms with E-state index in [0.717, 1.165) is 22.3 Å². The topological polar surface area (TPSA) is 122 Å². The van der Waals surface area contributed by atoms with Crippen LogP contribution >= 0.6 is 0 Å². The SMILES string of the molecule is O=C(O)COCNC(=O)CNC(=O)C(=O)CC1c2ccccc2-c2ccccc21. The van der Waals surface area contributed by atoms with Crippen molar-refractivity contribution >= 4 is 23.6 Å². The molecule has 2 aromatic rings. The predicted molar refractivity (Wildman–Crippen MR) is 103 cm³/mol. The van der Waals surface area contributed by atoms with E-state index in [-0.39, 0.29) is 19.1 Å². The molecule has 1 aliphatic rings. The molecule has 29 heavy (non-hydrogen) atoms. The van der Waals surface area contributed by atoms with Gasteiger partial charge in [-0.2, -0.15) is 0 Å². The smallest absolute Gasteiger partial charge is 0.329 e. The van der Waals surface area contributed by atoms with Gasteiger partial charge in [0.25, 0.3) is 5.91 Å². The Hall–Kier alpha value is -3.52. The molecule has 0 unspecified atom stereocenters. The van der Waals surface area contributed by atoms with E-state index < -0.39 is 36.7 Å². The van der Waals surface area contributed by atoms with Crippen molar-refractivity contribution < 1.29 is 29.0 Å². The molecular formula is C21H20N2O6. The van der Waals surface area contributed by atoms with Gasteiger partial charge in [-0.1, -0.05) is 48.5 Å². The Morgan fingerprint density at radius 3 is 2.07 bits per heavy atom. The molecule has 0 saturated carbocycles. The molecule has 3 N–H and O–H groups in total. The monoisotopic (exact) mass is 396 g/mol. The Bertz CT molecular complexity index is 910. The second kappa shape index (κ2) is 9.11. The number of ether oxygens (including phenoxy) is 1. The molecule has 3 rings (SSSR count). The first-order valence-corrected chi connectivity index (χ1v) is 9.03. The van der Waals surface area contributed by atoms with Gasteiger partial charge in [0, 0.05) is 12.3 Å². The third-order valence-electron chi connectivity index (χ3n) is 4.61. The molecule has 0 heterocycles. The van der Waals surface area contributed by atoms with Gasteiger partial charge in [0.05, 0.1) is 6.54 Å². The molecule has 0 saturated heterocycles. The maximum Gasteiger partial charge on any atom is 0.329 e. The number of carbonyl (C=O) groups excluding carboxylic acids is 3. The van der Waals surface area contributed by atoms with Gasteiger partial charge in [-0.25, -0.2) is 4.79 Å². The summed E-state index contributed by atoms with van der Waals surface area (Å²) in [5.74, 6) is -3.41. The quantitative estimate of drug-likeness (QED) is 0.331. The summed E-state index contributed by atoms with van der Waals surface area (Å²) in [5.41, 5.74) is 4.12. The van der Waals surface area contributed by atoms with Crippen LogP contribution in [-0.4, -0.2) is 48.6 Å². The number of carboxylic acid groups (broad SMARTS) is 1. The highest BCUT2D eigenvalue weighted by Gasteiger charge is 2.31. The summed E-state index contributed by atoms with van der Waals surface area (Å²) in [6, 6.07) is 15.6. The summed E-state index contributed by atoms with van der Waals surface area (Å²) >= 11 is 0. The molecule has 0 atom stereocenters. The lowest BCUT2D eigenvalue weighted by atomic mass is 9.91. The van der Waals surface area contributed by atoms with Crippen molar-refractivity contribution in [1.82, 2.24) is 10.6 Å². The van der Waals surface area contributed by atoms with Crippen LogP contribution in [0.25, 0.3) is 11.1 Å². The van der Waals surface area contributed by atoms with Crippen LogP contribution in [0.4, 0.5) is 0 Å². The molecule has 0 bridgehead atoms. The third kappa shape index (κ3) is 4.85. The maximum atomic E-state index is 12.4. The Labute approximate surface area is 166 Å². The van der Waals surface area contributed by atoms with E-state index in [1.165, 1.54) is 0 Å². The molecular weight excluding hydrogens is 376 g/mol. The van der Waals surface area contributed by atoms with E-state index in [4.69, 9.17) is 5.11 Å². The van der Waals surface area contributed by atoms with Crippen LogP contribution in [0.15, 0.2) is 48.5 Å². The van der Waals surface area contributed by atoms with Crippen molar-refractivity contribution in [3.05, 3.63) is 59.7 Å². The van der Waals surface area contributed by atoms with E-state index in [9.17, 15) is 19.2 Å². The van der Waals surface area contributed by atoms with E-state index in [1.54, 1.807) is 0 Å². The zero-order valence-electron chi connectivity index (χ0n) is 15.5. The Morgan fingerprint density at radius 1 is 0.897 bits per heavy atom. The molecule has 150 valence electrons. The largest absolute Gasteiger partial charge is 0.480 e. The highest BCUT2D eigenvalue weighted by Crippen LogP contribution is 2.46. The minimum atomic E-state index is -1.16. The number of carbonyl (C=O) groups is 4. The number of hydrogen-bond acceptors (Lipinski definition) is 5. The van der Waals surface area contributed by atoms with Crippen molar-refractivity contribution in [1.29, 1.82) is 0 Å². The first-order chi connectivity index (χ1) is 14.0. The van der Waals surface area contributed by atoms with Crippen molar-refractivity contribution in [2.75, 3.05) is 19.9 Å². The molecule has 0 spiro atoms. The van der Waals surface area contributed by atoms with Gasteiger partial charge in [0.15, 0.2) is 0 Å². The number of amides is 2. The van der Waals surface area contributed by atoms with E-state index in [1.807, 2.05) is 48.5 Å². The van der Waals surface area contributed by atoms with Gasteiger partial charge in [-0.3, -0.25) is 14.4 Å². The Morgan fingerprint density at radius 2 is 1.48 bits per heavy atom. The second-order valence-corrected chi connectivity index (χ2v) is 6.52. The summed E-state index contributed by atoms with van der Waals surface area (Å²) < 4.78 is 4.66. The number of hydrogen-bond donors (Lipinski definition) is 3. The Balaban J connectivity index is 1.54. The minimum absolute atomic E-state index is 0.00318. The molecule has 0 radical (unpaired) electrons. The molecule has 1 aliphatic carbocycles. The van der Waals surface area contributed by atoms with E-state index in [0.29, 0.717) is 0 Å².